The maximum Gasteiger partial charge on any atom is 0.310 e. The van der Waals surface area contributed by atoms with Gasteiger partial charge in [0.05, 0.1) is 5.41 Å². The Bertz CT molecular complexity index is 280. The van der Waals surface area contributed by atoms with Crippen molar-refractivity contribution in [2.75, 3.05) is 6.54 Å². The van der Waals surface area contributed by atoms with Crippen LogP contribution in [-0.2, 0) is 9.59 Å². The van der Waals surface area contributed by atoms with Crippen molar-refractivity contribution < 1.29 is 14.7 Å². The fraction of sp³-hybridized carbons (Fsp3) is 0.636. The maximum absolute atomic E-state index is 11.4. The number of aliphatic carboxylic acids is 1. The first kappa shape index (κ1) is 13.7. The highest BCUT2D eigenvalue weighted by molar-refractivity contribution is 5.93. The van der Waals surface area contributed by atoms with Gasteiger partial charge in [-0.15, -0.1) is 0 Å². The zero-order valence-electron chi connectivity index (χ0n) is 9.76. The van der Waals surface area contributed by atoms with Gasteiger partial charge in [0.25, 0.3) is 0 Å². The summed E-state index contributed by atoms with van der Waals surface area (Å²) in [6.45, 7) is 6.95. The maximum atomic E-state index is 11.4. The van der Waals surface area contributed by atoms with E-state index in [1.165, 1.54) is 0 Å². The van der Waals surface area contributed by atoms with Crippen LogP contribution in [0.4, 0.5) is 0 Å². The largest absolute Gasteiger partial charge is 0.481 e. The zero-order chi connectivity index (χ0) is 12.1. The minimum absolute atomic E-state index is 0.135. The SMILES string of the molecule is CC/C=C(/C)C(=O)NCC(C)(C)C(=O)O. The van der Waals surface area contributed by atoms with Crippen molar-refractivity contribution in [1.29, 1.82) is 0 Å². The van der Waals surface area contributed by atoms with E-state index in [2.05, 4.69) is 5.32 Å². The molecule has 0 aliphatic carbocycles. The third-order valence-electron chi connectivity index (χ3n) is 2.14. The number of nitrogens with one attached hydrogen (secondary N) is 1. The summed E-state index contributed by atoms with van der Waals surface area (Å²) in [7, 11) is 0. The predicted molar refractivity (Wildman–Crippen MR) is 58.5 cm³/mol. The Morgan fingerprint density at radius 2 is 1.93 bits per heavy atom. The van der Waals surface area contributed by atoms with Crippen molar-refractivity contribution >= 4 is 11.9 Å². The molecule has 4 nitrogen and oxygen atoms in total. The first-order valence-corrected chi connectivity index (χ1v) is 4.99. The van der Waals surface area contributed by atoms with Crippen LogP contribution in [0.5, 0.6) is 0 Å². The molecule has 0 aliphatic rings. The number of carboxylic acids is 1. The van der Waals surface area contributed by atoms with Crippen LogP contribution in [0, 0.1) is 5.41 Å². The molecular weight excluding hydrogens is 194 g/mol. The predicted octanol–water partition coefficient (Wildman–Crippen LogP) is 1.57. The van der Waals surface area contributed by atoms with E-state index in [0.29, 0.717) is 5.57 Å². The van der Waals surface area contributed by atoms with Crippen LogP contribution < -0.4 is 5.32 Å². The van der Waals surface area contributed by atoms with Crippen LogP contribution in [0.3, 0.4) is 0 Å². The molecule has 0 bridgehead atoms. The summed E-state index contributed by atoms with van der Waals surface area (Å²) < 4.78 is 0. The number of carbonyl (C=O) groups excluding carboxylic acids is 1. The summed E-state index contributed by atoms with van der Waals surface area (Å²) in [5, 5.41) is 11.4. The smallest absolute Gasteiger partial charge is 0.310 e. The van der Waals surface area contributed by atoms with Crippen molar-refractivity contribution in [2.24, 2.45) is 5.41 Å². The van der Waals surface area contributed by atoms with Gasteiger partial charge < -0.3 is 10.4 Å². The Kier molecular flexibility index (Phi) is 5.05. The molecule has 86 valence electrons. The van der Waals surface area contributed by atoms with Crippen LogP contribution in [-0.4, -0.2) is 23.5 Å². The first-order valence-electron chi connectivity index (χ1n) is 4.99. The fourth-order valence-corrected chi connectivity index (χ4v) is 0.915. The summed E-state index contributed by atoms with van der Waals surface area (Å²) in [5.74, 6) is -1.12. The number of amides is 1. The lowest BCUT2D eigenvalue weighted by Crippen LogP contribution is -2.39. The van der Waals surface area contributed by atoms with E-state index in [1.807, 2.05) is 13.0 Å². The molecule has 0 unspecified atom stereocenters. The van der Waals surface area contributed by atoms with E-state index >= 15 is 0 Å². The highest BCUT2D eigenvalue weighted by atomic mass is 16.4. The molecule has 0 aromatic rings. The average molecular weight is 213 g/mol. The van der Waals surface area contributed by atoms with E-state index in [-0.39, 0.29) is 12.5 Å². The summed E-state index contributed by atoms with van der Waals surface area (Å²) in [6, 6.07) is 0. The van der Waals surface area contributed by atoms with Gasteiger partial charge in [-0.1, -0.05) is 13.0 Å². The molecule has 0 aromatic heterocycles. The lowest BCUT2D eigenvalue weighted by Gasteiger charge is -2.19. The van der Waals surface area contributed by atoms with Crippen molar-refractivity contribution in [1.82, 2.24) is 5.32 Å². The van der Waals surface area contributed by atoms with E-state index in [9.17, 15) is 9.59 Å². The van der Waals surface area contributed by atoms with E-state index in [1.54, 1.807) is 20.8 Å². The quantitative estimate of drug-likeness (QED) is 0.681. The van der Waals surface area contributed by atoms with Crippen molar-refractivity contribution in [3.8, 4) is 0 Å². The molecule has 0 saturated heterocycles. The molecule has 0 fully saturated rings. The highest BCUT2D eigenvalue weighted by Crippen LogP contribution is 2.13. The molecule has 4 heteroatoms. The third-order valence-corrected chi connectivity index (χ3v) is 2.14. The second kappa shape index (κ2) is 5.53. The molecule has 2 N–H and O–H groups in total. The molecule has 0 aromatic carbocycles. The molecule has 0 saturated carbocycles. The van der Waals surface area contributed by atoms with Gasteiger partial charge >= 0.3 is 5.97 Å². The number of hydrogen-bond donors (Lipinski definition) is 2. The number of carboxylic acid groups (broad SMARTS) is 1. The number of allylic oxidation sites excluding steroid dienone is 1. The van der Waals surface area contributed by atoms with Crippen molar-refractivity contribution in [3.05, 3.63) is 11.6 Å². The second-order valence-corrected chi connectivity index (χ2v) is 4.17. The highest BCUT2D eigenvalue weighted by Gasteiger charge is 2.27. The fourth-order valence-electron chi connectivity index (χ4n) is 0.915. The van der Waals surface area contributed by atoms with Gasteiger partial charge in [0, 0.05) is 12.1 Å². The normalized spacial score (nSPS) is 12.4. The molecule has 0 radical (unpaired) electrons. The Morgan fingerprint density at radius 1 is 1.40 bits per heavy atom. The van der Waals surface area contributed by atoms with E-state index in [0.717, 1.165) is 6.42 Å². The molecule has 0 heterocycles. The Labute approximate surface area is 90.4 Å². The van der Waals surface area contributed by atoms with Gasteiger partial charge in [-0.25, -0.2) is 0 Å². The van der Waals surface area contributed by atoms with Gasteiger partial charge in [0.1, 0.15) is 0 Å². The number of rotatable bonds is 5. The molecular formula is C11H19NO3. The van der Waals surface area contributed by atoms with Gasteiger partial charge in [-0.3, -0.25) is 9.59 Å². The Morgan fingerprint density at radius 3 is 2.33 bits per heavy atom. The molecule has 0 rings (SSSR count). The van der Waals surface area contributed by atoms with Gasteiger partial charge in [0.2, 0.25) is 5.91 Å². The molecule has 0 spiro atoms. The topological polar surface area (TPSA) is 66.4 Å². The number of carbonyl (C=O) groups is 2. The average Bonchev–Trinajstić information content (AvgIpc) is 2.14. The van der Waals surface area contributed by atoms with E-state index in [4.69, 9.17) is 5.11 Å². The van der Waals surface area contributed by atoms with Crippen molar-refractivity contribution in [3.63, 3.8) is 0 Å². The van der Waals surface area contributed by atoms with Gasteiger partial charge in [0.15, 0.2) is 0 Å². The second-order valence-electron chi connectivity index (χ2n) is 4.17. The standard InChI is InChI=1S/C11H19NO3/c1-5-6-8(2)9(13)12-7-11(3,4)10(14)15/h6H,5,7H2,1-4H3,(H,12,13)(H,14,15)/b8-6-. The molecule has 1 amide bonds. The third kappa shape index (κ3) is 4.63. The van der Waals surface area contributed by atoms with Gasteiger partial charge in [-0.2, -0.15) is 0 Å². The summed E-state index contributed by atoms with van der Waals surface area (Å²) in [5.41, 5.74) is -0.305. The lowest BCUT2D eigenvalue weighted by atomic mass is 9.94. The summed E-state index contributed by atoms with van der Waals surface area (Å²) >= 11 is 0. The zero-order valence-corrected chi connectivity index (χ0v) is 9.76. The first-order chi connectivity index (χ1) is 6.81. The Hall–Kier alpha value is -1.32. The molecule has 15 heavy (non-hydrogen) atoms. The minimum atomic E-state index is -0.928. The van der Waals surface area contributed by atoms with Crippen LogP contribution in [0.1, 0.15) is 34.1 Å². The van der Waals surface area contributed by atoms with Crippen LogP contribution >= 0.6 is 0 Å². The number of hydrogen-bond acceptors (Lipinski definition) is 2. The monoisotopic (exact) mass is 213 g/mol. The van der Waals surface area contributed by atoms with E-state index < -0.39 is 11.4 Å². The van der Waals surface area contributed by atoms with Crippen LogP contribution in [0.15, 0.2) is 11.6 Å². The minimum Gasteiger partial charge on any atom is -0.481 e. The summed E-state index contributed by atoms with van der Waals surface area (Å²) in [6.07, 6.45) is 2.60. The van der Waals surface area contributed by atoms with Gasteiger partial charge in [-0.05, 0) is 27.2 Å². The summed E-state index contributed by atoms with van der Waals surface area (Å²) in [4.78, 5) is 22.2. The Balaban J connectivity index is 4.23. The van der Waals surface area contributed by atoms with Crippen LogP contribution in [0.25, 0.3) is 0 Å². The molecule has 0 atom stereocenters. The van der Waals surface area contributed by atoms with Crippen molar-refractivity contribution in [2.45, 2.75) is 34.1 Å². The lowest BCUT2D eigenvalue weighted by molar-refractivity contribution is -0.146. The molecule has 0 aliphatic heterocycles. The van der Waals surface area contributed by atoms with Crippen LogP contribution in [0.2, 0.25) is 0 Å².